The number of rotatable bonds is 3. The molecule has 1 N–H and O–H groups in total. The van der Waals surface area contributed by atoms with E-state index in [1.54, 1.807) is 36.4 Å². The number of hydrogen-bond acceptors (Lipinski definition) is 3. The highest BCUT2D eigenvalue weighted by molar-refractivity contribution is 6.49. The van der Waals surface area contributed by atoms with Crippen molar-refractivity contribution in [2.24, 2.45) is 0 Å². The van der Waals surface area contributed by atoms with E-state index >= 15 is 0 Å². The Bertz CT molecular complexity index is 797. The zero-order valence-electron chi connectivity index (χ0n) is 11.4. The molecule has 5 heteroatoms. The Balaban J connectivity index is 1.87. The molecule has 2 aromatic rings. The highest BCUT2D eigenvalue weighted by Crippen LogP contribution is 2.27. The van der Waals surface area contributed by atoms with Gasteiger partial charge in [0, 0.05) is 17.7 Å². The molecule has 2 aromatic carbocycles. The average Bonchev–Trinajstić information content (AvgIpc) is 2.54. The number of benzene rings is 2. The number of halogens is 2. The lowest BCUT2D eigenvalue weighted by atomic mass is 9.92. The van der Waals surface area contributed by atoms with Crippen molar-refractivity contribution < 1.29 is 14.0 Å². The second kappa shape index (κ2) is 5.73. The predicted molar refractivity (Wildman–Crippen MR) is 81.2 cm³/mol. The van der Waals surface area contributed by atoms with Crippen molar-refractivity contribution in [3.05, 3.63) is 81.8 Å². The van der Waals surface area contributed by atoms with E-state index in [4.69, 9.17) is 11.6 Å². The Hall–Kier alpha value is -2.46. The minimum atomic E-state index is -0.376. The number of nitrogens with one attached hydrogen (secondary N) is 1. The Morgan fingerprint density at radius 2 is 1.50 bits per heavy atom. The van der Waals surface area contributed by atoms with Crippen molar-refractivity contribution in [1.29, 1.82) is 0 Å². The summed E-state index contributed by atoms with van der Waals surface area (Å²) in [6.45, 7) is 0.271. The van der Waals surface area contributed by atoms with Gasteiger partial charge in [-0.05, 0) is 17.7 Å². The molecule has 22 heavy (non-hydrogen) atoms. The maximum atomic E-state index is 12.9. The van der Waals surface area contributed by atoms with E-state index in [0.717, 1.165) is 5.56 Å². The molecule has 110 valence electrons. The minimum absolute atomic E-state index is 0.0784. The Morgan fingerprint density at radius 3 is 2.14 bits per heavy atom. The second-order valence-electron chi connectivity index (χ2n) is 4.87. The average molecular weight is 316 g/mol. The van der Waals surface area contributed by atoms with E-state index in [0.29, 0.717) is 11.1 Å². The topological polar surface area (TPSA) is 46.2 Å². The van der Waals surface area contributed by atoms with Crippen LogP contribution in [0.5, 0.6) is 0 Å². The number of ketones is 2. The summed E-state index contributed by atoms with van der Waals surface area (Å²) in [5.41, 5.74) is 1.50. The van der Waals surface area contributed by atoms with Crippen LogP contribution >= 0.6 is 11.6 Å². The number of carbonyl (C=O) groups excluding carboxylic acids is 2. The maximum absolute atomic E-state index is 12.9. The summed E-state index contributed by atoms with van der Waals surface area (Å²) >= 11 is 6.03. The Labute approximate surface area is 131 Å². The smallest absolute Gasteiger partial charge is 0.211 e. The summed E-state index contributed by atoms with van der Waals surface area (Å²) in [5, 5.41) is 2.76. The zero-order chi connectivity index (χ0) is 15.7. The first-order valence-electron chi connectivity index (χ1n) is 6.64. The molecule has 0 aliphatic heterocycles. The van der Waals surface area contributed by atoms with Crippen LogP contribution in [0.3, 0.4) is 0 Å². The molecular weight excluding hydrogens is 305 g/mol. The number of carbonyl (C=O) groups is 2. The molecule has 1 aliphatic carbocycles. The van der Waals surface area contributed by atoms with Crippen LogP contribution in [0.1, 0.15) is 26.3 Å². The van der Waals surface area contributed by atoms with Gasteiger partial charge in [-0.1, -0.05) is 48.0 Å². The molecular formula is C17H11ClFNO2. The third-order valence-corrected chi connectivity index (χ3v) is 3.81. The molecule has 0 aromatic heterocycles. The summed E-state index contributed by atoms with van der Waals surface area (Å²) in [4.78, 5) is 24.6. The van der Waals surface area contributed by atoms with Crippen LogP contribution in [0, 0.1) is 5.82 Å². The lowest BCUT2D eigenvalue weighted by Gasteiger charge is -2.18. The monoisotopic (exact) mass is 315 g/mol. The van der Waals surface area contributed by atoms with Crippen LogP contribution in [0.4, 0.5) is 4.39 Å². The molecule has 0 unspecified atom stereocenters. The van der Waals surface area contributed by atoms with E-state index in [2.05, 4.69) is 5.32 Å². The maximum Gasteiger partial charge on any atom is 0.211 e. The van der Waals surface area contributed by atoms with Crippen molar-refractivity contribution in [3.8, 4) is 0 Å². The molecule has 0 saturated carbocycles. The summed E-state index contributed by atoms with van der Waals surface area (Å²) < 4.78 is 12.9. The fourth-order valence-corrected chi connectivity index (χ4v) is 2.55. The van der Waals surface area contributed by atoms with Gasteiger partial charge in [0.2, 0.25) is 11.6 Å². The van der Waals surface area contributed by atoms with Gasteiger partial charge in [-0.2, -0.15) is 0 Å². The molecule has 1 aliphatic rings. The molecule has 0 radical (unpaired) electrons. The summed E-state index contributed by atoms with van der Waals surface area (Å²) in [5.74, 6) is -1.03. The molecule has 0 heterocycles. The fraction of sp³-hybridized carbons (Fsp3) is 0.0588. The van der Waals surface area contributed by atoms with Gasteiger partial charge in [0.25, 0.3) is 0 Å². The third kappa shape index (κ3) is 2.53. The molecule has 0 amide bonds. The van der Waals surface area contributed by atoms with Crippen LogP contribution in [-0.4, -0.2) is 11.6 Å². The fourth-order valence-electron chi connectivity index (χ4n) is 2.30. The predicted octanol–water partition coefficient (Wildman–Crippen LogP) is 3.44. The summed E-state index contributed by atoms with van der Waals surface area (Å²) in [7, 11) is 0. The van der Waals surface area contributed by atoms with Crippen LogP contribution < -0.4 is 5.32 Å². The van der Waals surface area contributed by atoms with Gasteiger partial charge >= 0.3 is 0 Å². The molecule has 0 bridgehead atoms. The largest absolute Gasteiger partial charge is 0.376 e. The normalized spacial score (nSPS) is 14.1. The molecule has 0 saturated heterocycles. The highest BCUT2D eigenvalue weighted by atomic mass is 35.5. The lowest BCUT2D eigenvalue weighted by molar-refractivity contribution is 0.0974. The lowest BCUT2D eigenvalue weighted by Crippen LogP contribution is -2.28. The standard InChI is InChI=1S/C17H11ClFNO2/c18-14-15(20-9-10-5-7-11(19)8-6-10)17(22)13-4-2-1-3-12(13)16(14)21/h1-8,20H,9H2. The van der Waals surface area contributed by atoms with Crippen LogP contribution in [0.15, 0.2) is 59.3 Å². The van der Waals surface area contributed by atoms with Gasteiger partial charge in [0.15, 0.2) is 0 Å². The molecule has 0 atom stereocenters. The summed E-state index contributed by atoms with van der Waals surface area (Å²) in [6.07, 6.45) is 0. The van der Waals surface area contributed by atoms with E-state index in [9.17, 15) is 14.0 Å². The molecule has 3 rings (SSSR count). The Kier molecular flexibility index (Phi) is 3.77. The molecule has 0 fully saturated rings. The summed E-state index contributed by atoms with van der Waals surface area (Å²) in [6, 6.07) is 12.4. The second-order valence-corrected chi connectivity index (χ2v) is 5.25. The van der Waals surface area contributed by atoms with E-state index < -0.39 is 0 Å². The van der Waals surface area contributed by atoms with Crippen molar-refractivity contribution in [1.82, 2.24) is 5.32 Å². The van der Waals surface area contributed by atoms with Crippen LogP contribution in [-0.2, 0) is 6.54 Å². The molecule has 3 nitrogen and oxygen atoms in total. The molecule has 0 spiro atoms. The van der Waals surface area contributed by atoms with E-state index in [1.807, 2.05) is 0 Å². The first-order chi connectivity index (χ1) is 10.6. The van der Waals surface area contributed by atoms with Crippen molar-refractivity contribution in [2.45, 2.75) is 6.54 Å². The first kappa shape index (κ1) is 14.5. The first-order valence-corrected chi connectivity index (χ1v) is 7.02. The zero-order valence-corrected chi connectivity index (χ0v) is 12.2. The van der Waals surface area contributed by atoms with Crippen LogP contribution in [0.2, 0.25) is 0 Å². The van der Waals surface area contributed by atoms with Crippen LogP contribution in [0.25, 0.3) is 0 Å². The number of Topliss-reactive ketones (excluding diaryl/α,β-unsaturated/α-hetero) is 2. The van der Waals surface area contributed by atoms with Gasteiger partial charge in [-0.3, -0.25) is 9.59 Å². The number of hydrogen-bond donors (Lipinski definition) is 1. The third-order valence-electron chi connectivity index (χ3n) is 3.44. The van der Waals surface area contributed by atoms with Gasteiger partial charge in [-0.15, -0.1) is 0 Å². The number of fused-ring (bicyclic) bond motifs is 1. The highest BCUT2D eigenvalue weighted by Gasteiger charge is 2.30. The van der Waals surface area contributed by atoms with E-state index in [1.165, 1.54) is 12.1 Å². The SMILES string of the molecule is O=C1C(Cl)=C(NCc2ccc(F)cc2)C(=O)c2ccccc21. The van der Waals surface area contributed by atoms with Crippen molar-refractivity contribution >= 4 is 23.2 Å². The quantitative estimate of drug-likeness (QED) is 0.943. The van der Waals surface area contributed by atoms with Crippen molar-refractivity contribution in [2.75, 3.05) is 0 Å². The Morgan fingerprint density at radius 1 is 0.909 bits per heavy atom. The van der Waals surface area contributed by atoms with Gasteiger partial charge in [-0.25, -0.2) is 4.39 Å². The van der Waals surface area contributed by atoms with E-state index in [-0.39, 0.29) is 34.7 Å². The minimum Gasteiger partial charge on any atom is -0.376 e. The van der Waals surface area contributed by atoms with Gasteiger partial charge in [0.05, 0.1) is 0 Å². The van der Waals surface area contributed by atoms with Gasteiger partial charge in [0.1, 0.15) is 16.5 Å². The van der Waals surface area contributed by atoms with Gasteiger partial charge < -0.3 is 5.32 Å². The number of allylic oxidation sites excluding steroid dienone is 2. The van der Waals surface area contributed by atoms with Crippen molar-refractivity contribution in [3.63, 3.8) is 0 Å².